The van der Waals surface area contributed by atoms with Crippen molar-refractivity contribution in [3.8, 4) is 0 Å². The van der Waals surface area contributed by atoms with Crippen LogP contribution in [0.2, 0.25) is 0 Å². The van der Waals surface area contributed by atoms with Crippen LogP contribution in [-0.4, -0.2) is 40.4 Å². The summed E-state index contributed by atoms with van der Waals surface area (Å²) in [5.74, 6) is 0. The highest BCUT2D eigenvalue weighted by Gasteiger charge is 2.21. The Hall–Kier alpha value is -0.480. The minimum Gasteiger partial charge on any atom is -0.324 e. The van der Waals surface area contributed by atoms with Gasteiger partial charge in [-0.15, -0.1) is 0 Å². The van der Waals surface area contributed by atoms with Crippen molar-refractivity contribution in [2.75, 3.05) is 19.8 Å². The van der Waals surface area contributed by atoms with Gasteiger partial charge in [-0.05, 0) is 0 Å². The summed E-state index contributed by atoms with van der Waals surface area (Å²) in [6, 6.07) is 0. The van der Waals surface area contributed by atoms with Gasteiger partial charge >= 0.3 is 7.60 Å². The number of hydrogen-bond acceptors (Lipinski definition) is 2. The molecular formula is C7H14N2O3P+. The van der Waals surface area contributed by atoms with Gasteiger partial charge in [0.05, 0.1) is 26.0 Å². The zero-order valence-electron chi connectivity index (χ0n) is 7.50. The average Bonchev–Trinajstić information content (AvgIpc) is 2.33. The molecule has 1 rings (SSSR count). The van der Waals surface area contributed by atoms with E-state index in [1.165, 1.54) is 0 Å². The first-order chi connectivity index (χ1) is 5.91. The standard InChI is InChI=1S/C7H13N2O3P/c1-9(5-3-8-7-9)4-2-6-13(10,11)12/h3,5,7H,2,4,6H2,1H3,(H-,10,11,12)/p+1. The number of quaternary nitrogens is 1. The first-order valence-corrected chi connectivity index (χ1v) is 5.83. The summed E-state index contributed by atoms with van der Waals surface area (Å²) in [6.07, 6.45) is 5.77. The molecule has 1 heterocycles. The van der Waals surface area contributed by atoms with Crippen molar-refractivity contribution in [1.29, 1.82) is 0 Å². The highest BCUT2D eigenvalue weighted by molar-refractivity contribution is 7.51. The Kier molecular flexibility index (Phi) is 3.03. The summed E-state index contributed by atoms with van der Waals surface area (Å²) in [7, 11) is -1.89. The van der Waals surface area contributed by atoms with Crippen molar-refractivity contribution in [2.24, 2.45) is 4.99 Å². The van der Waals surface area contributed by atoms with Gasteiger partial charge in [0.25, 0.3) is 0 Å². The third-order valence-corrected chi connectivity index (χ3v) is 2.81. The van der Waals surface area contributed by atoms with Gasteiger partial charge in [0.2, 0.25) is 0 Å². The van der Waals surface area contributed by atoms with E-state index in [2.05, 4.69) is 4.99 Å². The van der Waals surface area contributed by atoms with E-state index in [-0.39, 0.29) is 6.16 Å². The second-order valence-corrected chi connectivity index (χ2v) is 5.15. The SMILES string of the molecule is C[N+]1(CCCP(=O)(O)O)C=CN=C1. The van der Waals surface area contributed by atoms with E-state index in [9.17, 15) is 4.57 Å². The largest absolute Gasteiger partial charge is 0.325 e. The Labute approximate surface area is 77.2 Å². The van der Waals surface area contributed by atoms with Gasteiger partial charge in [-0.25, -0.2) is 4.99 Å². The van der Waals surface area contributed by atoms with Gasteiger partial charge in [-0.3, -0.25) is 9.05 Å². The first-order valence-electron chi connectivity index (χ1n) is 4.03. The van der Waals surface area contributed by atoms with Crippen molar-refractivity contribution in [2.45, 2.75) is 6.42 Å². The van der Waals surface area contributed by atoms with E-state index in [4.69, 9.17) is 9.79 Å². The van der Waals surface area contributed by atoms with E-state index < -0.39 is 7.60 Å². The summed E-state index contributed by atoms with van der Waals surface area (Å²) < 4.78 is 11.1. The third-order valence-electron chi connectivity index (χ3n) is 1.91. The average molecular weight is 205 g/mol. The molecule has 0 saturated heterocycles. The van der Waals surface area contributed by atoms with Crippen LogP contribution in [0.1, 0.15) is 6.42 Å². The van der Waals surface area contributed by atoms with E-state index in [1.54, 1.807) is 12.5 Å². The van der Waals surface area contributed by atoms with Crippen molar-refractivity contribution >= 4 is 13.9 Å². The molecule has 74 valence electrons. The Morgan fingerprint density at radius 3 is 2.69 bits per heavy atom. The lowest BCUT2D eigenvalue weighted by Gasteiger charge is -2.21. The summed E-state index contributed by atoms with van der Waals surface area (Å²) in [5.41, 5.74) is 0. The van der Waals surface area contributed by atoms with E-state index in [1.807, 2.05) is 13.2 Å². The van der Waals surface area contributed by atoms with Crippen molar-refractivity contribution < 1.29 is 18.8 Å². The molecule has 0 aromatic carbocycles. The molecule has 0 saturated carbocycles. The monoisotopic (exact) mass is 205 g/mol. The molecule has 0 aliphatic carbocycles. The Morgan fingerprint density at radius 1 is 1.54 bits per heavy atom. The predicted octanol–water partition coefficient (Wildman–Crippen LogP) is 0.514. The maximum atomic E-state index is 10.5. The molecular weight excluding hydrogens is 191 g/mol. The van der Waals surface area contributed by atoms with Crippen LogP contribution in [0.5, 0.6) is 0 Å². The maximum absolute atomic E-state index is 10.5. The van der Waals surface area contributed by atoms with Crippen LogP contribution in [0.25, 0.3) is 0 Å². The molecule has 6 heteroatoms. The molecule has 0 spiro atoms. The van der Waals surface area contributed by atoms with E-state index >= 15 is 0 Å². The van der Waals surface area contributed by atoms with Crippen LogP contribution >= 0.6 is 7.60 Å². The minimum atomic E-state index is -3.83. The number of hydrogen-bond donors (Lipinski definition) is 2. The normalized spacial score (nSPS) is 27.0. The summed E-state index contributed by atoms with van der Waals surface area (Å²) >= 11 is 0. The first kappa shape index (κ1) is 10.6. The quantitative estimate of drug-likeness (QED) is 0.519. The second kappa shape index (κ2) is 3.72. The molecule has 13 heavy (non-hydrogen) atoms. The highest BCUT2D eigenvalue weighted by Crippen LogP contribution is 2.35. The molecule has 0 aromatic heterocycles. The fourth-order valence-electron chi connectivity index (χ4n) is 1.17. The fourth-order valence-corrected chi connectivity index (χ4v) is 1.72. The number of nitrogens with zero attached hydrogens (tertiary/aromatic N) is 2. The lowest BCUT2D eigenvalue weighted by Crippen LogP contribution is -2.36. The molecule has 0 amide bonds. The van der Waals surface area contributed by atoms with Gasteiger partial charge in [0, 0.05) is 6.42 Å². The van der Waals surface area contributed by atoms with Crippen LogP contribution in [0.4, 0.5) is 0 Å². The van der Waals surface area contributed by atoms with Gasteiger partial charge < -0.3 is 9.79 Å². The molecule has 1 unspecified atom stereocenters. The third kappa shape index (κ3) is 3.83. The number of aliphatic imine (C=N–C) groups is 1. The Balaban J connectivity index is 2.31. The van der Waals surface area contributed by atoms with Gasteiger partial charge in [-0.2, -0.15) is 0 Å². The van der Waals surface area contributed by atoms with Crippen LogP contribution in [0.15, 0.2) is 17.4 Å². The summed E-state index contributed by atoms with van der Waals surface area (Å²) in [6.45, 7) is 0.672. The molecule has 0 bridgehead atoms. The minimum absolute atomic E-state index is 0.0531. The second-order valence-electron chi connectivity index (χ2n) is 3.37. The zero-order chi connectivity index (χ0) is 9.95. The lowest BCUT2D eigenvalue weighted by molar-refractivity contribution is -0.756. The molecule has 0 radical (unpaired) electrons. The van der Waals surface area contributed by atoms with Crippen LogP contribution < -0.4 is 0 Å². The lowest BCUT2D eigenvalue weighted by atomic mass is 10.4. The fraction of sp³-hybridized carbons (Fsp3) is 0.571. The van der Waals surface area contributed by atoms with E-state index in [0.29, 0.717) is 17.4 Å². The van der Waals surface area contributed by atoms with Crippen molar-refractivity contribution in [3.05, 3.63) is 12.4 Å². The molecule has 5 nitrogen and oxygen atoms in total. The molecule has 1 aliphatic rings. The topological polar surface area (TPSA) is 69.9 Å². The highest BCUT2D eigenvalue weighted by atomic mass is 31.2. The predicted molar refractivity (Wildman–Crippen MR) is 50.2 cm³/mol. The smallest absolute Gasteiger partial charge is 0.324 e. The van der Waals surface area contributed by atoms with Crippen molar-refractivity contribution in [3.63, 3.8) is 0 Å². The molecule has 0 aromatic rings. The Morgan fingerprint density at radius 2 is 2.23 bits per heavy atom. The maximum Gasteiger partial charge on any atom is 0.325 e. The van der Waals surface area contributed by atoms with Crippen molar-refractivity contribution in [1.82, 2.24) is 0 Å². The number of rotatable bonds is 4. The molecule has 2 N–H and O–H groups in total. The molecule has 1 aliphatic heterocycles. The Bertz CT molecular complexity index is 269. The van der Waals surface area contributed by atoms with Gasteiger partial charge in [0.1, 0.15) is 6.20 Å². The molecule has 1 atom stereocenters. The van der Waals surface area contributed by atoms with Gasteiger partial charge in [0.15, 0.2) is 6.34 Å². The van der Waals surface area contributed by atoms with Gasteiger partial charge in [-0.1, -0.05) is 0 Å². The van der Waals surface area contributed by atoms with E-state index in [0.717, 1.165) is 0 Å². The van der Waals surface area contributed by atoms with Crippen LogP contribution in [0.3, 0.4) is 0 Å². The summed E-state index contributed by atoms with van der Waals surface area (Å²) in [5, 5.41) is 0. The molecule has 0 fully saturated rings. The summed E-state index contributed by atoms with van der Waals surface area (Å²) in [4.78, 5) is 21.2. The van der Waals surface area contributed by atoms with Crippen LogP contribution in [0, 0.1) is 0 Å². The zero-order valence-corrected chi connectivity index (χ0v) is 8.39. The van der Waals surface area contributed by atoms with Crippen LogP contribution in [-0.2, 0) is 4.57 Å².